The molecule has 0 saturated heterocycles. The number of allylic oxidation sites excluding steroid dienone is 7. The highest BCUT2D eigenvalue weighted by atomic mass is 79.9. The van der Waals surface area contributed by atoms with Gasteiger partial charge in [0.05, 0.1) is 0 Å². The summed E-state index contributed by atoms with van der Waals surface area (Å²) < 4.78 is 1.04. The molecule has 0 unspecified atom stereocenters. The molecule has 2 heteroatoms. The van der Waals surface area contributed by atoms with Gasteiger partial charge in [0.15, 0.2) is 0 Å². The molecule has 0 heterocycles. The Bertz CT molecular complexity index is 357. The van der Waals surface area contributed by atoms with Gasteiger partial charge in [-0.2, -0.15) is 0 Å². The van der Waals surface area contributed by atoms with Crippen LogP contribution in [0.4, 0.5) is 0 Å². The fourth-order valence-electron chi connectivity index (χ4n) is 1.05. The molecule has 0 amide bonds. The third-order valence-corrected chi connectivity index (χ3v) is 2.67. The van der Waals surface area contributed by atoms with Gasteiger partial charge in [0.25, 0.3) is 0 Å². The van der Waals surface area contributed by atoms with E-state index in [-0.39, 0.29) is 0 Å². The molecule has 0 aliphatic rings. The molecule has 2 N–H and O–H groups in total. The zero-order valence-corrected chi connectivity index (χ0v) is 11.2. The van der Waals surface area contributed by atoms with E-state index in [1.165, 1.54) is 0 Å². The monoisotopic (exact) mass is 267 g/mol. The standard InChI is InChI=1S/C13H18BrN/c1-6-13(14)8-10(3)12(5)9(2)7-11(4)15/h6-8H,4-5,15H2,1-3H3/b9-7-,10-8+,13-6+. The minimum Gasteiger partial charge on any atom is -0.399 e. The average molecular weight is 268 g/mol. The van der Waals surface area contributed by atoms with E-state index in [1.54, 1.807) is 0 Å². The van der Waals surface area contributed by atoms with E-state index >= 15 is 0 Å². The van der Waals surface area contributed by atoms with Crippen LogP contribution in [0, 0.1) is 0 Å². The Morgan fingerprint density at radius 1 is 1.13 bits per heavy atom. The third-order valence-electron chi connectivity index (χ3n) is 1.98. The first kappa shape index (κ1) is 14.0. The van der Waals surface area contributed by atoms with Gasteiger partial charge in [-0.05, 0) is 49.6 Å². The Kier molecular flexibility index (Phi) is 6.02. The lowest BCUT2D eigenvalue weighted by atomic mass is 10.0. The lowest BCUT2D eigenvalue weighted by molar-refractivity contribution is 1.30. The van der Waals surface area contributed by atoms with Gasteiger partial charge >= 0.3 is 0 Å². The lowest BCUT2D eigenvalue weighted by Crippen LogP contribution is -1.93. The molecule has 0 fully saturated rings. The second-order valence-electron chi connectivity index (χ2n) is 3.38. The van der Waals surface area contributed by atoms with Crippen LogP contribution in [0.25, 0.3) is 0 Å². The molecule has 0 aromatic rings. The van der Waals surface area contributed by atoms with E-state index in [0.29, 0.717) is 5.70 Å². The molecule has 0 rings (SSSR count). The second kappa shape index (κ2) is 6.46. The van der Waals surface area contributed by atoms with Gasteiger partial charge in [-0.3, -0.25) is 0 Å². The van der Waals surface area contributed by atoms with E-state index in [4.69, 9.17) is 5.73 Å². The van der Waals surface area contributed by atoms with Crippen LogP contribution in [0.2, 0.25) is 0 Å². The van der Waals surface area contributed by atoms with Crippen molar-refractivity contribution in [1.29, 1.82) is 0 Å². The van der Waals surface area contributed by atoms with E-state index in [9.17, 15) is 0 Å². The molecule has 0 aromatic carbocycles. The molecule has 82 valence electrons. The van der Waals surface area contributed by atoms with Crippen LogP contribution in [-0.2, 0) is 0 Å². The van der Waals surface area contributed by atoms with Crippen molar-refractivity contribution in [3.63, 3.8) is 0 Å². The van der Waals surface area contributed by atoms with Crippen molar-refractivity contribution < 1.29 is 0 Å². The van der Waals surface area contributed by atoms with Gasteiger partial charge in [0, 0.05) is 10.2 Å². The Labute approximate surface area is 101 Å². The highest BCUT2D eigenvalue weighted by Crippen LogP contribution is 2.20. The Morgan fingerprint density at radius 3 is 2.00 bits per heavy atom. The predicted molar refractivity (Wildman–Crippen MR) is 72.7 cm³/mol. The SMILES string of the molecule is C=C(N)/C=C(/C)C(=C)/C(C)=C/C(Br)=C\C. The summed E-state index contributed by atoms with van der Waals surface area (Å²) in [7, 11) is 0. The quantitative estimate of drug-likeness (QED) is 0.759. The molecule has 0 spiro atoms. The van der Waals surface area contributed by atoms with Gasteiger partial charge < -0.3 is 5.73 Å². The van der Waals surface area contributed by atoms with Gasteiger partial charge in [-0.1, -0.05) is 35.2 Å². The Balaban J connectivity index is 4.88. The van der Waals surface area contributed by atoms with Crippen LogP contribution in [0.5, 0.6) is 0 Å². The number of halogens is 1. The smallest absolute Gasteiger partial charge is 0.0243 e. The number of rotatable bonds is 4. The van der Waals surface area contributed by atoms with Gasteiger partial charge in [0.2, 0.25) is 0 Å². The number of hydrogen-bond donors (Lipinski definition) is 1. The summed E-state index contributed by atoms with van der Waals surface area (Å²) in [4.78, 5) is 0. The fourth-order valence-corrected chi connectivity index (χ4v) is 1.40. The van der Waals surface area contributed by atoms with Crippen molar-refractivity contribution in [2.45, 2.75) is 20.8 Å². The van der Waals surface area contributed by atoms with Gasteiger partial charge in [-0.25, -0.2) is 0 Å². The minimum absolute atomic E-state index is 0.548. The summed E-state index contributed by atoms with van der Waals surface area (Å²) in [6.45, 7) is 13.6. The average Bonchev–Trinajstić information content (AvgIpc) is 2.15. The van der Waals surface area contributed by atoms with E-state index in [0.717, 1.165) is 21.2 Å². The molecular formula is C13H18BrN. The van der Waals surface area contributed by atoms with Crippen molar-refractivity contribution in [3.05, 3.63) is 58.3 Å². The normalized spacial score (nSPS) is 14.0. The third kappa shape index (κ3) is 5.43. The van der Waals surface area contributed by atoms with Crippen molar-refractivity contribution in [2.24, 2.45) is 5.73 Å². The molecule has 0 bridgehead atoms. The molecule has 0 saturated carbocycles. The highest BCUT2D eigenvalue weighted by Gasteiger charge is 2.00. The molecule has 0 aromatic heterocycles. The molecule has 1 nitrogen and oxygen atoms in total. The predicted octanol–water partition coefficient (Wildman–Crippen LogP) is 4.21. The second-order valence-corrected chi connectivity index (χ2v) is 4.30. The maximum absolute atomic E-state index is 5.51. The molecule has 0 atom stereocenters. The first-order valence-corrected chi connectivity index (χ1v) is 5.50. The topological polar surface area (TPSA) is 26.0 Å². The summed E-state index contributed by atoms with van der Waals surface area (Å²) >= 11 is 3.43. The van der Waals surface area contributed by atoms with Crippen LogP contribution < -0.4 is 5.73 Å². The molecule has 0 radical (unpaired) electrons. The van der Waals surface area contributed by atoms with Gasteiger partial charge in [0.1, 0.15) is 0 Å². The first-order chi connectivity index (χ1) is 6.88. The molecule has 0 aliphatic heterocycles. The van der Waals surface area contributed by atoms with Crippen molar-refractivity contribution in [2.75, 3.05) is 0 Å². The minimum atomic E-state index is 0.548. The van der Waals surface area contributed by atoms with Crippen molar-refractivity contribution >= 4 is 15.9 Å². The zero-order valence-electron chi connectivity index (χ0n) is 9.60. The van der Waals surface area contributed by atoms with E-state index in [1.807, 2.05) is 39.0 Å². The lowest BCUT2D eigenvalue weighted by Gasteiger charge is -2.06. The van der Waals surface area contributed by atoms with E-state index < -0.39 is 0 Å². The van der Waals surface area contributed by atoms with E-state index in [2.05, 4.69) is 29.1 Å². The summed E-state index contributed by atoms with van der Waals surface area (Å²) in [5.74, 6) is 0. The fraction of sp³-hybridized carbons (Fsp3) is 0.231. The number of nitrogens with two attached hydrogens (primary N) is 1. The zero-order chi connectivity index (χ0) is 12.0. The van der Waals surface area contributed by atoms with Crippen LogP contribution >= 0.6 is 15.9 Å². The van der Waals surface area contributed by atoms with Crippen LogP contribution in [-0.4, -0.2) is 0 Å². The number of hydrogen-bond acceptors (Lipinski definition) is 1. The summed E-state index contributed by atoms with van der Waals surface area (Å²) in [5, 5.41) is 0. The Morgan fingerprint density at radius 2 is 1.60 bits per heavy atom. The molecule has 0 aliphatic carbocycles. The molecular weight excluding hydrogens is 250 g/mol. The summed E-state index contributed by atoms with van der Waals surface area (Å²) in [6.07, 6.45) is 5.83. The maximum Gasteiger partial charge on any atom is 0.0243 e. The van der Waals surface area contributed by atoms with Crippen LogP contribution in [0.1, 0.15) is 20.8 Å². The van der Waals surface area contributed by atoms with Crippen molar-refractivity contribution in [3.8, 4) is 0 Å². The highest BCUT2D eigenvalue weighted by molar-refractivity contribution is 9.11. The molecule has 15 heavy (non-hydrogen) atoms. The van der Waals surface area contributed by atoms with Crippen LogP contribution in [0.15, 0.2) is 58.3 Å². The van der Waals surface area contributed by atoms with Crippen LogP contribution in [0.3, 0.4) is 0 Å². The summed E-state index contributed by atoms with van der Waals surface area (Å²) in [5.41, 5.74) is 9.17. The first-order valence-electron chi connectivity index (χ1n) is 4.71. The largest absolute Gasteiger partial charge is 0.399 e. The maximum atomic E-state index is 5.51. The van der Waals surface area contributed by atoms with Gasteiger partial charge in [-0.15, -0.1) is 0 Å². The summed E-state index contributed by atoms with van der Waals surface area (Å²) in [6, 6.07) is 0. The van der Waals surface area contributed by atoms with Crippen molar-refractivity contribution in [1.82, 2.24) is 0 Å². The Hall–Kier alpha value is -1.02.